The standard InChI is InChI=1S/C25H21N3O4S/c1-16(29)18-7-9-19(10-8-18)28(25-27-20-4-2-3-5-23(20)33-25)14-24(30)26-13-17-6-11-21-22(12-17)32-15-31-21/h2-12H,13-15H2,1H3,(H,26,30). The lowest BCUT2D eigenvalue weighted by molar-refractivity contribution is -0.119. The van der Waals surface area contributed by atoms with Crippen molar-refractivity contribution >= 4 is 44.1 Å². The monoisotopic (exact) mass is 459 g/mol. The Morgan fingerprint density at radius 3 is 2.61 bits per heavy atom. The molecule has 3 aromatic carbocycles. The Morgan fingerprint density at radius 2 is 1.82 bits per heavy atom. The summed E-state index contributed by atoms with van der Waals surface area (Å²) in [6.07, 6.45) is 0. The number of carbonyl (C=O) groups is 2. The van der Waals surface area contributed by atoms with Gasteiger partial charge in [0.15, 0.2) is 22.4 Å². The molecule has 0 saturated carbocycles. The molecule has 0 aliphatic carbocycles. The minimum absolute atomic E-state index is 0.00504. The Bertz CT molecular complexity index is 1300. The highest BCUT2D eigenvalue weighted by atomic mass is 32.1. The Kier molecular flexibility index (Phi) is 5.66. The Hall–Kier alpha value is -3.91. The normalized spacial score (nSPS) is 12.0. The number of para-hydroxylation sites is 1. The summed E-state index contributed by atoms with van der Waals surface area (Å²) in [7, 11) is 0. The predicted octanol–water partition coefficient (Wildman–Crippen LogP) is 4.68. The fourth-order valence-electron chi connectivity index (χ4n) is 3.57. The zero-order valence-electron chi connectivity index (χ0n) is 17.9. The lowest BCUT2D eigenvalue weighted by atomic mass is 10.1. The number of amides is 1. The predicted molar refractivity (Wildman–Crippen MR) is 127 cm³/mol. The van der Waals surface area contributed by atoms with Gasteiger partial charge in [0, 0.05) is 17.8 Å². The summed E-state index contributed by atoms with van der Waals surface area (Å²) >= 11 is 1.52. The van der Waals surface area contributed by atoms with Crippen LogP contribution in [0.15, 0.2) is 66.7 Å². The van der Waals surface area contributed by atoms with Gasteiger partial charge in [0.25, 0.3) is 0 Å². The van der Waals surface area contributed by atoms with Gasteiger partial charge in [-0.05, 0) is 61.0 Å². The van der Waals surface area contributed by atoms with Gasteiger partial charge in [-0.3, -0.25) is 9.59 Å². The van der Waals surface area contributed by atoms with Crippen molar-refractivity contribution < 1.29 is 19.1 Å². The number of carbonyl (C=O) groups excluding carboxylic acids is 2. The molecule has 0 saturated heterocycles. The van der Waals surface area contributed by atoms with Crippen LogP contribution in [0.4, 0.5) is 10.8 Å². The van der Waals surface area contributed by atoms with E-state index in [0.717, 1.165) is 21.5 Å². The van der Waals surface area contributed by atoms with Crippen LogP contribution >= 0.6 is 11.3 Å². The summed E-state index contributed by atoms with van der Waals surface area (Å²) in [5.41, 5.74) is 3.21. The van der Waals surface area contributed by atoms with Gasteiger partial charge in [0.1, 0.15) is 6.54 Å². The molecule has 7 nitrogen and oxygen atoms in total. The number of benzene rings is 3. The van der Waals surface area contributed by atoms with E-state index >= 15 is 0 Å². The van der Waals surface area contributed by atoms with Crippen molar-refractivity contribution in [3.63, 3.8) is 0 Å². The van der Waals surface area contributed by atoms with E-state index in [-0.39, 0.29) is 25.0 Å². The van der Waals surface area contributed by atoms with Crippen molar-refractivity contribution in [3.8, 4) is 11.5 Å². The third-order valence-electron chi connectivity index (χ3n) is 5.33. The minimum Gasteiger partial charge on any atom is -0.454 e. The molecule has 0 atom stereocenters. The Morgan fingerprint density at radius 1 is 1.03 bits per heavy atom. The number of rotatable bonds is 7. The minimum atomic E-state index is -0.150. The van der Waals surface area contributed by atoms with Crippen molar-refractivity contribution in [3.05, 3.63) is 77.9 Å². The van der Waals surface area contributed by atoms with Crippen LogP contribution in [0.1, 0.15) is 22.8 Å². The number of nitrogens with one attached hydrogen (secondary N) is 1. The molecule has 8 heteroatoms. The van der Waals surface area contributed by atoms with E-state index in [1.165, 1.54) is 18.3 Å². The van der Waals surface area contributed by atoms with Crippen LogP contribution in [0.5, 0.6) is 11.5 Å². The number of ether oxygens (including phenoxy) is 2. The van der Waals surface area contributed by atoms with Crippen LogP contribution in [0.3, 0.4) is 0 Å². The number of Topliss-reactive ketones (excluding diaryl/α,β-unsaturated/α-hetero) is 1. The number of ketones is 1. The molecule has 0 fully saturated rings. The second-order valence-corrected chi connectivity index (χ2v) is 8.63. The van der Waals surface area contributed by atoms with E-state index in [0.29, 0.717) is 28.7 Å². The van der Waals surface area contributed by atoms with Gasteiger partial charge in [0.05, 0.1) is 10.2 Å². The van der Waals surface area contributed by atoms with E-state index < -0.39 is 0 Å². The molecule has 1 N–H and O–H groups in total. The van der Waals surface area contributed by atoms with Crippen molar-refractivity contribution in [1.29, 1.82) is 0 Å². The van der Waals surface area contributed by atoms with Gasteiger partial charge in [0.2, 0.25) is 12.7 Å². The summed E-state index contributed by atoms with van der Waals surface area (Å²) in [6, 6.07) is 20.7. The topological polar surface area (TPSA) is 80.8 Å². The summed E-state index contributed by atoms with van der Waals surface area (Å²) < 4.78 is 11.8. The van der Waals surface area contributed by atoms with Gasteiger partial charge >= 0.3 is 0 Å². The third-order valence-corrected chi connectivity index (χ3v) is 6.39. The highest BCUT2D eigenvalue weighted by Gasteiger charge is 2.19. The lowest BCUT2D eigenvalue weighted by Crippen LogP contribution is -2.34. The number of thiazole rings is 1. The van der Waals surface area contributed by atoms with Crippen molar-refractivity contribution in [1.82, 2.24) is 10.3 Å². The van der Waals surface area contributed by atoms with Gasteiger partial charge < -0.3 is 19.7 Å². The first-order valence-corrected chi connectivity index (χ1v) is 11.3. The smallest absolute Gasteiger partial charge is 0.240 e. The second-order valence-electron chi connectivity index (χ2n) is 7.62. The van der Waals surface area contributed by atoms with Crippen molar-refractivity contribution in [2.24, 2.45) is 0 Å². The Balaban J connectivity index is 1.36. The molecule has 33 heavy (non-hydrogen) atoms. The van der Waals surface area contributed by atoms with E-state index in [1.54, 1.807) is 12.1 Å². The average molecular weight is 460 g/mol. The van der Waals surface area contributed by atoms with Crippen LogP contribution in [0, 0.1) is 0 Å². The van der Waals surface area contributed by atoms with Gasteiger partial charge in [-0.1, -0.05) is 29.5 Å². The summed E-state index contributed by atoms with van der Waals surface area (Å²) in [5.74, 6) is 1.24. The molecule has 4 aromatic rings. The average Bonchev–Trinajstić information content (AvgIpc) is 3.47. The highest BCUT2D eigenvalue weighted by molar-refractivity contribution is 7.22. The van der Waals surface area contributed by atoms with E-state index in [1.807, 2.05) is 59.5 Å². The number of hydrogen-bond acceptors (Lipinski definition) is 7. The molecule has 0 unspecified atom stereocenters. The zero-order chi connectivity index (χ0) is 22.8. The van der Waals surface area contributed by atoms with Gasteiger partial charge in [-0.25, -0.2) is 4.98 Å². The first-order chi connectivity index (χ1) is 16.1. The molecule has 0 radical (unpaired) electrons. The molecule has 1 aliphatic rings. The third kappa shape index (κ3) is 4.51. The van der Waals surface area contributed by atoms with Crippen LogP contribution in [0.2, 0.25) is 0 Å². The maximum absolute atomic E-state index is 12.9. The maximum atomic E-state index is 12.9. The summed E-state index contributed by atoms with van der Waals surface area (Å²) in [4.78, 5) is 31.2. The first kappa shape index (κ1) is 21.0. The highest BCUT2D eigenvalue weighted by Crippen LogP contribution is 2.34. The molecule has 5 rings (SSSR count). The zero-order valence-corrected chi connectivity index (χ0v) is 18.7. The Labute approximate surface area is 194 Å². The largest absolute Gasteiger partial charge is 0.454 e. The van der Waals surface area contributed by atoms with Crippen LogP contribution < -0.4 is 19.7 Å². The fraction of sp³-hybridized carbons (Fsp3) is 0.160. The molecule has 0 spiro atoms. The van der Waals surface area contributed by atoms with E-state index in [9.17, 15) is 9.59 Å². The molecule has 1 aromatic heterocycles. The number of nitrogens with zero attached hydrogens (tertiary/aromatic N) is 2. The van der Waals surface area contributed by atoms with Crippen molar-refractivity contribution in [2.75, 3.05) is 18.2 Å². The summed E-state index contributed by atoms with van der Waals surface area (Å²) in [5, 5.41) is 3.68. The molecule has 1 aliphatic heterocycles. The van der Waals surface area contributed by atoms with Crippen LogP contribution in [-0.2, 0) is 11.3 Å². The first-order valence-electron chi connectivity index (χ1n) is 10.5. The van der Waals surface area contributed by atoms with E-state index in [4.69, 9.17) is 14.5 Å². The van der Waals surface area contributed by atoms with Crippen LogP contribution in [-0.4, -0.2) is 30.0 Å². The number of aromatic nitrogens is 1. The quantitative estimate of drug-likeness (QED) is 0.404. The lowest BCUT2D eigenvalue weighted by Gasteiger charge is -2.21. The summed E-state index contributed by atoms with van der Waals surface area (Å²) in [6.45, 7) is 2.20. The second kappa shape index (κ2) is 8.91. The number of hydrogen-bond donors (Lipinski definition) is 1. The van der Waals surface area contributed by atoms with E-state index in [2.05, 4.69) is 5.32 Å². The number of fused-ring (bicyclic) bond motifs is 2. The fourth-order valence-corrected chi connectivity index (χ4v) is 4.56. The molecular formula is C25H21N3O4S. The number of anilines is 2. The molecular weight excluding hydrogens is 438 g/mol. The molecule has 166 valence electrons. The maximum Gasteiger partial charge on any atom is 0.240 e. The molecule has 1 amide bonds. The van der Waals surface area contributed by atoms with Gasteiger partial charge in [-0.15, -0.1) is 0 Å². The van der Waals surface area contributed by atoms with Crippen LogP contribution in [0.25, 0.3) is 10.2 Å². The van der Waals surface area contributed by atoms with Gasteiger partial charge in [-0.2, -0.15) is 0 Å². The SMILES string of the molecule is CC(=O)c1ccc(N(CC(=O)NCc2ccc3c(c2)OCO3)c2nc3ccccc3s2)cc1. The van der Waals surface area contributed by atoms with Crippen molar-refractivity contribution in [2.45, 2.75) is 13.5 Å². The molecule has 0 bridgehead atoms. The molecule has 2 heterocycles.